The Morgan fingerprint density at radius 1 is 0.848 bits per heavy atom. The van der Waals surface area contributed by atoms with Crippen LogP contribution in [0.15, 0.2) is 71.0 Å². The molecule has 3 N–H and O–H groups in total. The molecule has 12 heteroatoms. The van der Waals surface area contributed by atoms with E-state index >= 15 is 8.78 Å². The molecule has 4 aromatic heterocycles. The lowest BCUT2D eigenvalue weighted by Gasteiger charge is -2.22. The normalized spacial score (nSPS) is 12.1. The number of hydrogen-bond donors (Lipinski definition) is 3. The van der Waals surface area contributed by atoms with Crippen molar-refractivity contribution >= 4 is 0 Å². The van der Waals surface area contributed by atoms with Gasteiger partial charge in [0.25, 0.3) is 11.1 Å². The van der Waals surface area contributed by atoms with Crippen molar-refractivity contribution < 1.29 is 8.78 Å². The monoisotopic (exact) mass is 448 g/mol. The first-order valence-electron chi connectivity index (χ1n) is 9.63. The summed E-state index contributed by atoms with van der Waals surface area (Å²) in [6, 6.07) is 3.12. The Hall–Kier alpha value is -4.74. The highest BCUT2D eigenvalue weighted by Crippen LogP contribution is 2.35. The lowest BCUT2D eigenvalue weighted by atomic mass is 9.96. The number of rotatable bonds is 5. The maximum atomic E-state index is 15.1. The lowest BCUT2D eigenvalue weighted by molar-refractivity contribution is 0.498. The number of halogens is 2. The minimum atomic E-state index is -1.43. The van der Waals surface area contributed by atoms with Crippen LogP contribution in [-0.2, 0) is 0 Å². The van der Waals surface area contributed by atoms with E-state index in [0.29, 0.717) is 0 Å². The van der Waals surface area contributed by atoms with E-state index < -0.39 is 34.4 Å². The van der Waals surface area contributed by atoms with Crippen LogP contribution in [0, 0.1) is 11.6 Å². The van der Waals surface area contributed by atoms with Crippen molar-refractivity contribution in [1.82, 2.24) is 39.9 Å². The molecule has 0 bridgehead atoms. The van der Waals surface area contributed by atoms with E-state index in [-0.39, 0.29) is 28.3 Å². The summed E-state index contributed by atoms with van der Waals surface area (Å²) >= 11 is 0. The molecule has 0 fully saturated rings. The van der Waals surface area contributed by atoms with Gasteiger partial charge in [0.1, 0.15) is 29.1 Å². The molecule has 10 nitrogen and oxygen atoms in total. The third-order valence-corrected chi connectivity index (χ3v) is 5.02. The van der Waals surface area contributed by atoms with E-state index in [1.807, 2.05) is 0 Å². The minimum absolute atomic E-state index is 0.0866. The summed E-state index contributed by atoms with van der Waals surface area (Å²) < 4.78 is 31.3. The fourth-order valence-corrected chi connectivity index (χ4v) is 3.67. The van der Waals surface area contributed by atoms with Crippen molar-refractivity contribution in [2.45, 2.75) is 6.04 Å². The molecule has 0 spiro atoms. The van der Waals surface area contributed by atoms with Gasteiger partial charge in [0, 0.05) is 30.9 Å². The van der Waals surface area contributed by atoms with Crippen LogP contribution >= 0.6 is 0 Å². The van der Waals surface area contributed by atoms with E-state index in [1.54, 1.807) is 0 Å². The molecular weight excluding hydrogens is 434 g/mol. The maximum absolute atomic E-state index is 15.1. The predicted molar refractivity (Wildman–Crippen MR) is 112 cm³/mol. The average Bonchev–Trinajstić information content (AvgIpc) is 3.40. The van der Waals surface area contributed by atoms with Crippen molar-refractivity contribution in [3.8, 4) is 22.8 Å². The van der Waals surface area contributed by atoms with Gasteiger partial charge >= 0.3 is 0 Å². The van der Waals surface area contributed by atoms with Gasteiger partial charge in [-0.2, -0.15) is 0 Å². The summed E-state index contributed by atoms with van der Waals surface area (Å²) in [6.07, 6.45) is 8.47. The highest BCUT2D eigenvalue weighted by Gasteiger charge is 2.32. The van der Waals surface area contributed by atoms with Crippen LogP contribution in [0.1, 0.15) is 17.2 Å². The van der Waals surface area contributed by atoms with Crippen LogP contribution in [0.4, 0.5) is 8.78 Å². The van der Waals surface area contributed by atoms with Gasteiger partial charge in [0.15, 0.2) is 0 Å². The zero-order valence-electron chi connectivity index (χ0n) is 16.7. The van der Waals surface area contributed by atoms with Gasteiger partial charge in [-0.1, -0.05) is 6.07 Å². The van der Waals surface area contributed by atoms with E-state index in [1.165, 1.54) is 54.0 Å². The minimum Gasteiger partial charge on any atom is -0.296 e. The molecule has 33 heavy (non-hydrogen) atoms. The Balaban J connectivity index is 1.86. The van der Waals surface area contributed by atoms with Crippen LogP contribution in [0.5, 0.6) is 0 Å². The summed E-state index contributed by atoms with van der Waals surface area (Å²) in [5.41, 5.74) is -0.935. The van der Waals surface area contributed by atoms with Crippen LogP contribution in [0.25, 0.3) is 22.8 Å². The van der Waals surface area contributed by atoms with Crippen molar-refractivity contribution in [1.29, 1.82) is 0 Å². The molecule has 1 atom stereocenters. The molecule has 0 aliphatic carbocycles. The smallest absolute Gasteiger partial charge is 0.270 e. The van der Waals surface area contributed by atoms with E-state index in [2.05, 4.69) is 35.2 Å². The van der Waals surface area contributed by atoms with E-state index in [4.69, 9.17) is 0 Å². The molecule has 0 radical (unpaired) electrons. The zero-order valence-corrected chi connectivity index (χ0v) is 16.7. The van der Waals surface area contributed by atoms with Crippen molar-refractivity contribution in [2.24, 2.45) is 0 Å². The Morgan fingerprint density at radius 2 is 1.52 bits per heavy atom. The average molecular weight is 448 g/mol. The molecule has 0 aliphatic heterocycles. The van der Waals surface area contributed by atoms with Gasteiger partial charge in [-0.25, -0.2) is 8.78 Å². The number of H-pyrrole nitrogens is 3. The Labute approximate surface area is 183 Å². The Kier molecular flexibility index (Phi) is 4.94. The van der Waals surface area contributed by atoms with Gasteiger partial charge in [-0.15, -0.1) is 0 Å². The number of aromatic nitrogens is 8. The molecular formula is C21H14F2N8O2. The van der Waals surface area contributed by atoms with Gasteiger partial charge in [0.2, 0.25) is 0 Å². The molecule has 5 rings (SSSR count). The third-order valence-electron chi connectivity index (χ3n) is 5.02. The summed E-state index contributed by atoms with van der Waals surface area (Å²) in [4.78, 5) is 41.7. The first-order chi connectivity index (χ1) is 16.0. The molecule has 164 valence electrons. The number of hydrogen-bond acceptors (Lipinski definition) is 6. The molecule has 0 saturated carbocycles. The second-order valence-electron chi connectivity index (χ2n) is 6.96. The lowest BCUT2D eigenvalue weighted by Crippen LogP contribution is -2.24. The zero-order chi connectivity index (χ0) is 22.9. The first-order valence-corrected chi connectivity index (χ1v) is 9.63. The molecule has 5 aromatic rings. The van der Waals surface area contributed by atoms with Crippen LogP contribution in [-0.4, -0.2) is 39.9 Å². The summed E-state index contributed by atoms with van der Waals surface area (Å²) in [5, 5.41) is 7.68. The van der Waals surface area contributed by atoms with Crippen molar-refractivity contribution in [3.63, 3.8) is 0 Å². The second-order valence-corrected chi connectivity index (χ2v) is 6.96. The quantitative estimate of drug-likeness (QED) is 0.376. The second kappa shape index (κ2) is 8.07. The van der Waals surface area contributed by atoms with E-state index in [0.717, 1.165) is 12.1 Å². The third kappa shape index (κ3) is 3.52. The summed E-state index contributed by atoms with van der Waals surface area (Å²) in [6.45, 7) is 0. The number of aromatic amines is 3. The van der Waals surface area contributed by atoms with Gasteiger partial charge in [-0.05, 0) is 12.1 Å². The number of benzene rings is 1. The SMILES string of the molecule is O=c1cc(-c2cnccn2)n(C(c2c(F)cccc2F)c2c(-c3cnccn3)[nH][nH]c2=O)[nH]1. The molecule has 0 amide bonds. The Morgan fingerprint density at radius 3 is 2.15 bits per heavy atom. The van der Waals surface area contributed by atoms with Crippen molar-refractivity contribution in [3.05, 3.63) is 105 Å². The number of nitrogens with zero attached hydrogens (tertiary/aromatic N) is 5. The maximum Gasteiger partial charge on any atom is 0.270 e. The molecule has 0 saturated heterocycles. The Bertz CT molecular complexity index is 1520. The standard InChI is InChI=1S/C21H14F2N8O2/c22-11-2-1-3-12(23)17(11)20(18-19(28-29-21(18)33)14-10-25-5-7-27-14)31-15(8-16(32)30-31)13-9-24-4-6-26-13/h1-10,20H,(H,30,32)(H2,28,29,33). The summed E-state index contributed by atoms with van der Waals surface area (Å²) in [7, 11) is 0. The summed E-state index contributed by atoms with van der Waals surface area (Å²) in [5.74, 6) is -1.82. The molecule has 4 heterocycles. The van der Waals surface area contributed by atoms with E-state index in [9.17, 15) is 9.59 Å². The highest BCUT2D eigenvalue weighted by atomic mass is 19.1. The van der Waals surface area contributed by atoms with Crippen LogP contribution in [0.3, 0.4) is 0 Å². The first kappa shape index (κ1) is 20.2. The number of nitrogens with one attached hydrogen (secondary N) is 3. The largest absolute Gasteiger partial charge is 0.296 e. The highest BCUT2D eigenvalue weighted by molar-refractivity contribution is 5.61. The molecule has 1 unspecified atom stereocenters. The van der Waals surface area contributed by atoms with Gasteiger partial charge in [-0.3, -0.25) is 49.5 Å². The predicted octanol–water partition coefficient (Wildman–Crippen LogP) is 2.02. The molecule has 0 aliphatic rings. The van der Waals surface area contributed by atoms with Crippen LogP contribution in [0.2, 0.25) is 0 Å². The topological polar surface area (TPSA) is 138 Å². The fraction of sp³-hybridized carbons (Fsp3) is 0.0476. The van der Waals surface area contributed by atoms with Crippen molar-refractivity contribution in [2.75, 3.05) is 0 Å². The van der Waals surface area contributed by atoms with Gasteiger partial charge < -0.3 is 0 Å². The van der Waals surface area contributed by atoms with Gasteiger partial charge in [0.05, 0.1) is 34.9 Å². The molecule has 1 aromatic carbocycles. The fourth-order valence-electron chi connectivity index (χ4n) is 3.67. The van der Waals surface area contributed by atoms with Crippen LogP contribution < -0.4 is 11.1 Å².